The van der Waals surface area contributed by atoms with Gasteiger partial charge in [-0.1, -0.05) is 44.5 Å². The highest BCUT2D eigenvalue weighted by molar-refractivity contribution is 6.30. The van der Waals surface area contributed by atoms with Crippen molar-refractivity contribution in [2.24, 2.45) is 5.92 Å². The zero-order valence-corrected chi connectivity index (χ0v) is 12.7. The van der Waals surface area contributed by atoms with Crippen molar-refractivity contribution < 1.29 is 0 Å². The summed E-state index contributed by atoms with van der Waals surface area (Å²) in [7, 11) is 2.18. The van der Waals surface area contributed by atoms with Gasteiger partial charge in [0.1, 0.15) is 0 Å². The quantitative estimate of drug-likeness (QED) is 0.815. The summed E-state index contributed by atoms with van der Waals surface area (Å²) in [6.07, 6.45) is 0. The SMILES string of the molecule is CCNCC(C(C)C)N(C)Cc1cccc(Cl)c1. The molecule has 1 unspecified atom stereocenters. The molecule has 1 aromatic carbocycles. The summed E-state index contributed by atoms with van der Waals surface area (Å²) in [5.41, 5.74) is 1.27. The van der Waals surface area contributed by atoms with E-state index in [0.29, 0.717) is 12.0 Å². The van der Waals surface area contributed by atoms with E-state index in [0.717, 1.165) is 24.7 Å². The maximum absolute atomic E-state index is 6.02. The fraction of sp³-hybridized carbons (Fsp3) is 0.600. The number of nitrogens with one attached hydrogen (secondary N) is 1. The molecule has 0 bridgehead atoms. The highest BCUT2D eigenvalue weighted by Crippen LogP contribution is 2.15. The van der Waals surface area contributed by atoms with Crippen LogP contribution in [0.2, 0.25) is 5.02 Å². The molecule has 18 heavy (non-hydrogen) atoms. The Hall–Kier alpha value is -0.570. The van der Waals surface area contributed by atoms with Gasteiger partial charge in [0.05, 0.1) is 0 Å². The van der Waals surface area contributed by atoms with Gasteiger partial charge in [-0.2, -0.15) is 0 Å². The molecular formula is C15H25ClN2. The number of hydrogen-bond acceptors (Lipinski definition) is 2. The molecule has 0 radical (unpaired) electrons. The molecule has 1 aromatic rings. The van der Waals surface area contributed by atoms with Crippen LogP contribution in [0.4, 0.5) is 0 Å². The average Bonchev–Trinajstić information content (AvgIpc) is 2.29. The van der Waals surface area contributed by atoms with Gasteiger partial charge in [0.25, 0.3) is 0 Å². The molecule has 0 saturated heterocycles. The van der Waals surface area contributed by atoms with E-state index in [1.54, 1.807) is 0 Å². The van der Waals surface area contributed by atoms with Gasteiger partial charge in [-0.15, -0.1) is 0 Å². The van der Waals surface area contributed by atoms with Crippen LogP contribution >= 0.6 is 11.6 Å². The maximum atomic E-state index is 6.02. The van der Waals surface area contributed by atoms with Gasteiger partial charge in [0, 0.05) is 24.2 Å². The lowest BCUT2D eigenvalue weighted by atomic mass is 10.0. The summed E-state index contributed by atoms with van der Waals surface area (Å²) in [6, 6.07) is 8.66. The van der Waals surface area contributed by atoms with Crippen molar-refractivity contribution in [3.8, 4) is 0 Å². The molecule has 0 aliphatic rings. The fourth-order valence-corrected chi connectivity index (χ4v) is 2.45. The summed E-state index contributed by atoms with van der Waals surface area (Å²) in [5, 5.41) is 4.25. The Morgan fingerprint density at radius 2 is 2.06 bits per heavy atom. The Morgan fingerprint density at radius 3 is 2.61 bits per heavy atom. The average molecular weight is 269 g/mol. The second-order valence-corrected chi connectivity index (χ2v) is 5.60. The van der Waals surface area contributed by atoms with Gasteiger partial charge in [-0.3, -0.25) is 4.90 Å². The first-order valence-electron chi connectivity index (χ1n) is 6.70. The van der Waals surface area contributed by atoms with Crippen molar-refractivity contribution >= 4 is 11.6 Å². The molecule has 0 fully saturated rings. The first-order chi connectivity index (χ1) is 8.54. The van der Waals surface area contributed by atoms with E-state index in [1.807, 2.05) is 18.2 Å². The summed E-state index contributed by atoms with van der Waals surface area (Å²) in [5.74, 6) is 0.633. The van der Waals surface area contributed by atoms with Crippen LogP contribution in [0, 0.1) is 5.92 Å². The largest absolute Gasteiger partial charge is 0.315 e. The fourth-order valence-electron chi connectivity index (χ4n) is 2.23. The molecule has 0 aliphatic heterocycles. The second-order valence-electron chi connectivity index (χ2n) is 5.16. The first-order valence-corrected chi connectivity index (χ1v) is 7.07. The normalized spacial score (nSPS) is 13.3. The van der Waals surface area contributed by atoms with E-state index >= 15 is 0 Å². The summed E-state index contributed by atoms with van der Waals surface area (Å²) in [4.78, 5) is 2.40. The van der Waals surface area contributed by atoms with Crippen LogP contribution in [0.15, 0.2) is 24.3 Å². The highest BCUT2D eigenvalue weighted by atomic mass is 35.5. The predicted octanol–water partition coefficient (Wildman–Crippen LogP) is 3.41. The molecule has 1 rings (SSSR count). The molecule has 3 heteroatoms. The Kier molecular flexibility index (Phi) is 6.69. The van der Waals surface area contributed by atoms with Gasteiger partial charge >= 0.3 is 0 Å². The van der Waals surface area contributed by atoms with Crippen LogP contribution in [0.3, 0.4) is 0 Å². The van der Waals surface area contributed by atoms with Crippen molar-refractivity contribution in [1.29, 1.82) is 0 Å². The number of halogens is 1. The van der Waals surface area contributed by atoms with Crippen LogP contribution in [0.1, 0.15) is 26.3 Å². The van der Waals surface area contributed by atoms with Crippen molar-refractivity contribution in [3.05, 3.63) is 34.9 Å². The molecule has 0 amide bonds. The summed E-state index contributed by atoms with van der Waals surface area (Å²) >= 11 is 6.02. The number of likely N-dealkylation sites (N-methyl/N-ethyl adjacent to an activating group) is 2. The number of benzene rings is 1. The maximum Gasteiger partial charge on any atom is 0.0409 e. The lowest BCUT2D eigenvalue weighted by Gasteiger charge is -2.31. The molecule has 102 valence electrons. The Morgan fingerprint density at radius 1 is 1.33 bits per heavy atom. The molecule has 0 spiro atoms. The van der Waals surface area contributed by atoms with Gasteiger partial charge in [-0.05, 0) is 37.2 Å². The van der Waals surface area contributed by atoms with E-state index in [9.17, 15) is 0 Å². The van der Waals surface area contributed by atoms with Crippen molar-refractivity contribution in [1.82, 2.24) is 10.2 Å². The minimum atomic E-state index is 0.545. The van der Waals surface area contributed by atoms with E-state index in [1.165, 1.54) is 5.56 Å². The van der Waals surface area contributed by atoms with Gasteiger partial charge < -0.3 is 5.32 Å². The van der Waals surface area contributed by atoms with E-state index in [-0.39, 0.29) is 0 Å². The van der Waals surface area contributed by atoms with Gasteiger partial charge in [0.15, 0.2) is 0 Å². The summed E-state index contributed by atoms with van der Waals surface area (Å²) < 4.78 is 0. The summed E-state index contributed by atoms with van der Waals surface area (Å²) in [6.45, 7) is 9.69. The van der Waals surface area contributed by atoms with E-state index < -0.39 is 0 Å². The van der Waals surface area contributed by atoms with Crippen molar-refractivity contribution in [2.75, 3.05) is 20.1 Å². The minimum absolute atomic E-state index is 0.545. The molecule has 0 heterocycles. The predicted molar refractivity (Wildman–Crippen MR) is 80.1 cm³/mol. The zero-order valence-electron chi connectivity index (χ0n) is 11.9. The van der Waals surface area contributed by atoms with Crippen LogP contribution < -0.4 is 5.32 Å². The van der Waals surface area contributed by atoms with Crippen LogP contribution in [0.5, 0.6) is 0 Å². The number of hydrogen-bond donors (Lipinski definition) is 1. The van der Waals surface area contributed by atoms with Gasteiger partial charge in [0.2, 0.25) is 0 Å². The Balaban J connectivity index is 2.63. The van der Waals surface area contributed by atoms with Crippen LogP contribution in [0.25, 0.3) is 0 Å². The Labute approximate surface area is 116 Å². The topological polar surface area (TPSA) is 15.3 Å². The van der Waals surface area contributed by atoms with Crippen molar-refractivity contribution in [3.63, 3.8) is 0 Å². The lowest BCUT2D eigenvalue weighted by molar-refractivity contribution is 0.180. The van der Waals surface area contributed by atoms with E-state index in [2.05, 4.69) is 44.1 Å². The Bertz CT molecular complexity index is 352. The number of rotatable bonds is 7. The molecule has 0 aliphatic carbocycles. The molecule has 1 atom stereocenters. The number of nitrogens with zero attached hydrogens (tertiary/aromatic N) is 1. The molecule has 0 saturated carbocycles. The highest BCUT2D eigenvalue weighted by Gasteiger charge is 2.18. The zero-order chi connectivity index (χ0) is 13.5. The standard InChI is InChI=1S/C15H25ClN2/c1-5-17-10-15(12(2)3)18(4)11-13-7-6-8-14(16)9-13/h6-9,12,15,17H,5,10-11H2,1-4H3. The second kappa shape index (κ2) is 7.78. The molecule has 1 N–H and O–H groups in total. The smallest absolute Gasteiger partial charge is 0.0409 e. The molecular weight excluding hydrogens is 244 g/mol. The lowest BCUT2D eigenvalue weighted by Crippen LogP contribution is -2.43. The van der Waals surface area contributed by atoms with Crippen LogP contribution in [-0.2, 0) is 6.54 Å². The van der Waals surface area contributed by atoms with Crippen LogP contribution in [-0.4, -0.2) is 31.1 Å². The third kappa shape index (κ3) is 4.97. The monoisotopic (exact) mass is 268 g/mol. The minimum Gasteiger partial charge on any atom is -0.315 e. The first kappa shape index (κ1) is 15.5. The third-order valence-electron chi connectivity index (χ3n) is 3.26. The molecule has 0 aromatic heterocycles. The van der Waals surface area contributed by atoms with E-state index in [4.69, 9.17) is 11.6 Å². The van der Waals surface area contributed by atoms with Crippen molar-refractivity contribution in [2.45, 2.75) is 33.4 Å². The molecule has 2 nitrogen and oxygen atoms in total. The van der Waals surface area contributed by atoms with Gasteiger partial charge in [-0.25, -0.2) is 0 Å². The third-order valence-corrected chi connectivity index (χ3v) is 3.50.